The van der Waals surface area contributed by atoms with Crippen LogP contribution in [0.3, 0.4) is 0 Å². The SMILES string of the molecule is CCOC(=O)[C@H](Cc1c[nH]c2ccccc12)NC(=O)[C@H](CC(C)C)[C@@H](O)C(=O)NO. The van der Waals surface area contributed by atoms with Crippen molar-refractivity contribution in [2.24, 2.45) is 11.8 Å². The maximum atomic E-state index is 12.9. The van der Waals surface area contributed by atoms with Crippen LogP contribution < -0.4 is 10.8 Å². The van der Waals surface area contributed by atoms with Gasteiger partial charge in [-0.2, -0.15) is 0 Å². The number of hydrogen-bond donors (Lipinski definition) is 5. The number of fused-ring (bicyclic) bond motifs is 1. The Morgan fingerprint density at radius 1 is 1.17 bits per heavy atom. The molecule has 0 saturated carbocycles. The van der Waals surface area contributed by atoms with Gasteiger partial charge in [0.05, 0.1) is 12.5 Å². The molecular formula is C21H29N3O6. The van der Waals surface area contributed by atoms with Crippen molar-refractivity contribution >= 4 is 28.7 Å². The topological polar surface area (TPSA) is 141 Å². The van der Waals surface area contributed by atoms with Gasteiger partial charge >= 0.3 is 5.97 Å². The summed E-state index contributed by atoms with van der Waals surface area (Å²) in [7, 11) is 0. The number of benzene rings is 1. The van der Waals surface area contributed by atoms with E-state index < -0.39 is 35.8 Å². The predicted octanol–water partition coefficient (Wildman–Crippen LogP) is 1.29. The van der Waals surface area contributed by atoms with Crippen LogP contribution in [0, 0.1) is 11.8 Å². The Kier molecular flexibility index (Phi) is 8.37. The minimum absolute atomic E-state index is 0.0171. The van der Waals surface area contributed by atoms with Crippen LogP contribution in [0.15, 0.2) is 30.5 Å². The van der Waals surface area contributed by atoms with Crippen LogP contribution in [0.5, 0.6) is 0 Å². The van der Waals surface area contributed by atoms with Gasteiger partial charge in [0.25, 0.3) is 5.91 Å². The number of rotatable bonds is 10. The van der Waals surface area contributed by atoms with E-state index in [9.17, 15) is 19.5 Å². The smallest absolute Gasteiger partial charge is 0.328 e. The number of nitrogens with one attached hydrogen (secondary N) is 3. The second-order valence-corrected chi connectivity index (χ2v) is 7.53. The number of H-pyrrole nitrogens is 1. The lowest BCUT2D eigenvalue weighted by atomic mass is 9.90. The lowest BCUT2D eigenvalue weighted by Crippen LogP contribution is -2.51. The van der Waals surface area contributed by atoms with Crippen molar-refractivity contribution < 1.29 is 29.4 Å². The highest BCUT2D eigenvalue weighted by atomic mass is 16.5. The summed E-state index contributed by atoms with van der Waals surface area (Å²) in [6, 6.07) is 6.56. The van der Waals surface area contributed by atoms with Gasteiger partial charge in [0.1, 0.15) is 12.1 Å². The van der Waals surface area contributed by atoms with E-state index in [1.807, 2.05) is 38.1 Å². The number of aromatic amines is 1. The molecule has 9 heteroatoms. The Bertz CT molecular complexity index is 879. The average Bonchev–Trinajstić information content (AvgIpc) is 3.13. The fourth-order valence-electron chi connectivity index (χ4n) is 3.37. The lowest BCUT2D eigenvalue weighted by Gasteiger charge is -2.25. The summed E-state index contributed by atoms with van der Waals surface area (Å²) in [6.45, 7) is 5.47. The molecule has 1 heterocycles. The molecule has 1 aromatic carbocycles. The third-order valence-corrected chi connectivity index (χ3v) is 4.81. The molecule has 0 bridgehead atoms. The number of carbonyl (C=O) groups excluding carboxylic acids is 3. The first-order valence-electron chi connectivity index (χ1n) is 9.92. The fraction of sp³-hybridized carbons (Fsp3) is 0.476. The standard InChI is InChI=1S/C21H29N3O6/c1-4-30-21(28)17(10-13-11-22-16-8-6-5-7-14(13)16)23-19(26)15(9-12(2)3)18(25)20(27)24-29/h5-8,11-12,15,17-18,22,25,29H,4,9-10H2,1-3H3,(H,23,26)(H,24,27)/t15-,17+,18-/m1/s1. The van der Waals surface area contributed by atoms with E-state index in [0.29, 0.717) is 0 Å². The normalized spacial score (nSPS) is 14.2. The summed E-state index contributed by atoms with van der Waals surface area (Å²) in [6.07, 6.45) is 0.366. The van der Waals surface area contributed by atoms with Crippen molar-refractivity contribution in [3.05, 3.63) is 36.0 Å². The van der Waals surface area contributed by atoms with Crippen molar-refractivity contribution in [2.45, 2.75) is 45.8 Å². The van der Waals surface area contributed by atoms with Crippen molar-refractivity contribution in [1.82, 2.24) is 15.8 Å². The molecule has 2 aromatic rings. The molecule has 1 aromatic heterocycles. The van der Waals surface area contributed by atoms with Crippen LogP contribution in [0.4, 0.5) is 0 Å². The highest BCUT2D eigenvalue weighted by molar-refractivity contribution is 5.91. The third kappa shape index (κ3) is 5.80. The number of aromatic nitrogens is 1. The first-order chi connectivity index (χ1) is 14.3. The van der Waals surface area contributed by atoms with Gasteiger partial charge in [-0.25, -0.2) is 10.3 Å². The second kappa shape index (κ2) is 10.7. The van der Waals surface area contributed by atoms with E-state index in [0.717, 1.165) is 16.5 Å². The van der Waals surface area contributed by atoms with Crippen molar-refractivity contribution in [3.8, 4) is 0 Å². The molecule has 3 atom stereocenters. The molecular weight excluding hydrogens is 390 g/mol. The predicted molar refractivity (Wildman–Crippen MR) is 109 cm³/mol. The van der Waals surface area contributed by atoms with E-state index in [4.69, 9.17) is 9.94 Å². The number of ether oxygens (including phenoxy) is 1. The van der Waals surface area contributed by atoms with Gasteiger partial charge in [-0.3, -0.25) is 14.8 Å². The zero-order chi connectivity index (χ0) is 22.3. The number of para-hydroxylation sites is 1. The number of amides is 2. The average molecular weight is 419 g/mol. The maximum Gasteiger partial charge on any atom is 0.328 e. The molecule has 0 aliphatic heterocycles. The molecule has 0 fully saturated rings. The number of hydroxylamine groups is 1. The van der Waals surface area contributed by atoms with Gasteiger partial charge in [-0.15, -0.1) is 0 Å². The van der Waals surface area contributed by atoms with Crippen molar-refractivity contribution in [1.29, 1.82) is 0 Å². The van der Waals surface area contributed by atoms with E-state index in [1.54, 1.807) is 13.1 Å². The van der Waals surface area contributed by atoms with Gasteiger partial charge in [0.2, 0.25) is 5.91 Å². The molecule has 2 amide bonds. The molecule has 0 unspecified atom stereocenters. The molecule has 30 heavy (non-hydrogen) atoms. The van der Waals surface area contributed by atoms with E-state index in [2.05, 4.69) is 10.3 Å². The summed E-state index contributed by atoms with van der Waals surface area (Å²) in [5.41, 5.74) is 3.08. The van der Waals surface area contributed by atoms with Crippen LogP contribution in [0.2, 0.25) is 0 Å². The molecule has 164 valence electrons. The third-order valence-electron chi connectivity index (χ3n) is 4.81. The molecule has 0 saturated heterocycles. The molecule has 2 rings (SSSR count). The number of carbonyl (C=O) groups is 3. The molecule has 5 N–H and O–H groups in total. The molecule has 0 aliphatic rings. The van der Waals surface area contributed by atoms with E-state index in [1.165, 1.54) is 5.48 Å². The van der Waals surface area contributed by atoms with Crippen LogP contribution in [0.25, 0.3) is 10.9 Å². The van der Waals surface area contributed by atoms with Crippen LogP contribution in [-0.2, 0) is 25.5 Å². The zero-order valence-electron chi connectivity index (χ0n) is 17.3. The van der Waals surface area contributed by atoms with E-state index >= 15 is 0 Å². The Morgan fingerprint density at radius 3 is 2.50 bits per heavy atom. The molecule has 0 radical (unpaired) electrons. The Balaban J connectivity index is 2.26. The minimum atomic E-state index is -1.76. The van der Waals surface area contributed by atoms with Gasteiger partial charge in [-0.1, -0.05) is 32.0 Å². The monoisotopic (exact) mass is 419 g/mol. The Morgan fingerprint density at radius 2 is 1.87 bits per heavy atom. The summed E-state index contributed by atoms with van der Waals surface area (Å²) in [5.74, 6) is -3.52. The van der Waals surface area contributed by atoms with E-state index in [-0.39, 0.29) is 25.4 Å². The number of aliphatic hydroxyl groups is 1. The molecule has 0 spiro atoms. The summed E-state index contributed by atoms with van der Waals surface area (Å²) < 4.78 is 5.11. The number of hydrogen-bond acceptors (Lipinski definition) is 6. The van der Waals surface area contributed by atoms with Crippen LogP contribution in [-0.4, -0.2) is 51.8 Å². The maximum absolute atomic E-state index is 12.9. The van der Waals surface area contributed by atoms with Crippen molar-refractivity contribution in [2.75, 3.05) is 6.61 Å². The van der Waals surface area contributed by atoms with Gasteiger partial charge in [0.15, 0.2) is 0 Å². The summed E-state index contributed by atoms with van der Waals surface area (Å²) >= 11 is 0. The summed E-state index contributed by atoms with van der Waals surface area (Å²) in [4.78, 5) is 40.2. The van der Waals surface area contributed by atoms with Crippen LogP contribution >= 0.6 is 0 Å². The van der Waals surface area contributed by atoms with Gasteiger partial charge < -0.3 is 20.1 Å². The van der Waals surface area contributed by atoms with Crippen LogP contribution in [0.1, 0.15) is 32.8 Å². The number of esters is 1. The molecule has 9 nitrogen and oxygen atoms in total. The van der Waals surface area contributed by atoms with Gasteiger partial charge in [-0.05, 0) is 30.9 Å². The zero-order valence-corrected chi connectivity index (χ0v) is 17.3. The lowest BCUT2D eigenvalue weighted by molar-refractivity contribution is -0.150. The Labute approximate surface area is 174 Å². The first kappa shape index (κ1) is 23.4. The second-order valence-electron chi connectivity index (χ2n) is 7.53. The summed E-state index contributed by atoms with van der Waals surface area (Å²) in [5, 5.41) is 22.5. The van der Waals surface area contributed by atoms with Crippen molar-refractivity contribution in [3.63, 3.8) is 0 Å². The highest BCUT2D eigenvalue weighted by Gasteiger charge is 2.35. The first-order valence-corrected chi connectivity index (χ1v) is 9.92. The highest BCUT2D eigenvalue weighted by Crippen LogP contribution is 2.21. The fourth-order valence-corrected chi connectivity index (χ4v) is 3.37. The minimum Gasteiger partial charge on any atom is -0.464 e. The molecule has 0 aliphatic carbocycles. The quantitative estimate of drug-likeness (QED) is 0.223. The number of aliphatic hydroxyl groups excluding tert-OH is 1. The van der Waals surface area contributed by atoms with Gasteiger partial charge in [0, 0.05) is 23.5 Å². The Hall–Kier alpha value is -2.91. The largest absolute Gasteiger partial charge is 0.464 e.